The van der Waals surface area contributed by atoms with E-state index in [2.05, 4.69) is 22.3 Å². The predicted octanol–water partition coefficient (Wildman–Crippen LogP) is 2.69. The molecule has 2 rings (SSSR count). The molecule has 1 aliphatic heterocycles. The largest absolute Gasteiger partial charge is 0.371 e. The van der Waals surface area contributed by atoms with Gasteiger partial charge in [0.2, 0.25) is 5.91 Å². The molecule has 1 amide bonds. The van der Waals surface area contributed by atoms with Crippen LogP contribution in [0.5, 0.6) is 0 Å². The minimum atomic E-state index is 0.139. The maximum Gasteiger partial charge on any atom is 0.219 e. The number of hydrogen-bond acceptors (Lipinski definition) is 2. The quantitative estimate of drug-likeness (QED) is 0.909. The van der Waals surface area contributed by atoms with Gasteiger partial charge in [-0.25, -0.2) is 0 Å². The molecule has 98 valence electrons. The van der Waals surface area contributed by atoms with Crippen molar-refractivity contribution in [1.82, 2.24) is 5.32 Å². The molecule has 18 heavy (non-hydrogen) atoms. The third kappa shape index (κ3) is 3.39. The van der Waals surface area contributed by atoms with Crippen LogP contribution in [-0.4, -0.2) is 25.5 Å². The van der Waals surface area contributed by atoms with Crippen molar-refractivity contribution in [2.45, 2.75) is 19.8 Å². The van der Waals surface area contributed by atoms with Gasteiger partial charge in [0, 0.05) is 36.8 Å². The van der Waals surface area contributed by atoms with E-state index < -0.39 is 0 Å². The van der Waals surface area contributed by atoms with Crippen molar-refractivity contribution in [3.05, 3.63) is 29.3 Å². The lowest BCUT2D eigenvalue weighted by atomic mass is 10.1. The number of amides is 1. The number of rotatable bonds is 4. The van der Waals surface area contributed by atoms with Crippen molar-refractivity contribution >= 4 is 23.2 Å². The summed E-state index contributed by atoms with van der Waals surface area (Å²) in [7, 11) is 0. The van der Waals surface area contributed by atoms with Gasteiger partial charge in [-0.15, -0.1) is 0 Å². The van der Waals surface area contributed by atoms with Crippen LogP contribution in [0.15, 0.2) is 24.3 Å². The first-order valence-corrected chi connectivity index (χ1v) is 6.84. The van der Waals surface area contributed by atoms with Crippen LogP contribution >= 0.6 is 11.6 Å². The molecule has 0 unspecified atom stereocenters. The molecule has 1 aromatic carbocycles. The van der Waals surface area contributed by atoms with Crippen LogP contribution in [0.25, 0.3) is 0 Å². The molecule has 3 nitrogen and oxygen atoms in total. The first-order chi connectivity index (χ1) is 8.69. The molecule has 0 bridgehead atoms. The molecule has 1 aliphatic rings. The molecule has 0 radical (unpaired) electrons. The van der Waals surface area contributed by atoms with Gasteiger partial charge in [-0.3, -0.25) is 4.79 Å². The number of halogens is 1. The number of carbonyl (C=O) groups is 1. The number of nitrogens with one attached hydrogen (secondary N) is 1. The summed E-state index contributed by atoms with van der Waals surface area (Å²) in [6, 6.07) is 7.94. The van der Waals surface area contributed by atoms with Crippen LogP contribution in [-0.2, 0) is 4.79 Å². The molecule has 1 N–H and O–H groups in total. The Balaban J connectivity index is 1.84. The number of nitrogens with zero attached hydrogens (tertiary/aromatic N) is 1. The Hall–Kier alpha value is -1.22. The van der Waals surface area contributed by atoms with Gasteiger partial charge in [-0.1, -0.05) is 18.5 Å². The molecule has 1 heterocycles. The summed E-state index contributed by atoms with van der Waals surface area (Å²) in [6.07, 6.45) is 1.69. The molecule has 0 spiro atoms. The Labute approximate surface area is 113 Å². The van der Waals surface area contributed by atoms with Crippen LogP contribution in [0.4, 0.5) is 5.69 Å². The van der Waals surface area contributed by atoms with Gasteiger partial charge in [0.1, 0.15) is 0 Å². The van der Waals surface area contributed by atoms with Crippen LogP contribution in [0.2, 0.25) is 5.02 Å². The summed E-state index contributed by atoms with van der Waals surface area (Å²) in [5, 5.41) is 3.74. The Bertz CT molecular complexity index is 405. The van der Waals surface area contributed by atoms with Crippen LogP contribution in [0.3, 0.4) is 0 Å². The summed E-state index contributed by atoms with van der Waals surface area (Å²) in [5.41, 5.74) is 1.21. The average molecular weight is 267 g/mol. The van der Waals surface area contributed by atoms with Crippen molar-refractivity contribution < 1.29 is 4.79 Å². The van der Waals surface area contributed by atoms with Gasteiger partial charge >= 0.3 is 0 Å². The van der Waals surface area contributed by atoms with Gasteiger partial charge in [-0.05, 0) is 36.6 Å². The first-order valence-electron chi connectivity index (χ1n) is 6.46. The molecule has 4 heteroatoms. The lowest BCUT2D eigenvalue weighted by Crippen LogP contribution is -2.30. The van der Waals surface area contributed by atoms with Crippen molar-refractivity contribution in [2.75, 3.05) is 24.5 Å². The van der Waals surface area contributed by atoms with E-state index in [-0.39, 0.29) is 5.91 Å². The van der Waals surface area contributed by atoms with Crippen molar-refractivity contribution in [1.29, 1.82) is 0 Å². The van der Waals surface area contributed by atoms with Gasteiger partial charge in [-0.2, -0.15) is 0 Å². The fraction of sp³-hybridized carbons (Fsp3) is 0.500. The van der Waals surface area contributed by atoms with E-state index in [1.807, 2.05) is 19.1 Å². The predicted molar refractivity (Wildman–Crippen MR) is 75.1 cm³/mol. The van der Waals surface area contributed by atoms with Crippen molar-refractivity contribution in [3.8, 4) is 0 Å². The van der Waals surface area contributed by atoms with E-state index in [1.54, 1.807) is 0 Å². The zero-order chi connectivity index (χ0) is 13.0. The van der Waals surface area contributed by atoms with E-state index in [0.717, 1.165) is 31.1 Å². The maximum absolute atomic E-state index is 11.2. The minimum Gasteiger partial charge on any atom is -0.371 e. The average Bonchev–Trinajstić information content (AvgIpc) is 2.85. The molecule has 0 saturated carbocycles. The van der Waals surface area contributed by atoms with Crippen LogP contribution in [0, 0.1) is 5.92 Å². The monoisotopic (exact) mass is 266 g/mol. The maximum atomic E-state index is 11.2. The summed E-state index contributed by atoms with van der Waals surface area (Å²) in [6.45, 7) is 4.72. The summed E-state index contributed by atoms with van der Waals surface area (Å²) in [5.74, 6) is 0.691. The zero-order valence-electron chi connectivity index (χ0n) is 10.7. The highest BCUT2D eigenvalue weighted by atomic mass is 35.5. The second-order valence-electron chi connectivity index (χ2n) is 4.73. The second-order valence-corrected chi connectivity index (χ2v) is 5.17. The van der Waals surface area contributed by atoms with E-state index in [1.165, 1.54) is 5.69 Å². The summed E-state index contributed by atoms with van der Waals surface area (Å²) < 4.78 is 0. The lowest BCUT2D eigenvalue weighted by molar-refractivity contribution is -0.120. The summed E-state index contributed by atoms with van der Waals surface area (Å²) >= 11 is 5.88. The molecule has 1 fully saturated rings. The molecule has 1 saturated heterocycles. The van der Waals surface area contributed by atoms with Crippen LogP contribution in [0.1, 0.15) is 19.8 Å². The Morgan fingerprint density at radius 3 is 2.83 bits per heavy atom. The topological polar surface area (TPSA) is 32.3 Å². The molecular weight excluding hydrogens is 248 g/mol. The van der Waals surface area contributed by atoms with Crippen molar-refractivity contribution in [3.63, 3.8) is 0 Å². The molecule has 1 atom stereocenters. The Morgan fingerprint density at radius 2 is 2.17 bits per heavy atom. The van der Waals surface area contributed by atoms with E-state index in [4.69, 9.17) is 11.6 Å². The van der Waals surface area contributed by atoms with Crippen molar-refractivity contribution in [2.24, 2.45) is 5.92 Å². The number of carbonyl (C=O) groups excluding carboxylic acids is 1. The normalized spacial score (nSPS) is 19.0. The van der Waals surface area contributed by atoms with Gasteiger partial charge in [0.25, 0.3) is 0 Å². The van der Waals surface area contributed by atoms with Crippen LogP contribution < -0.4 is 10.2 Å². The first kappa shape index (κ1) is 13.2. The third-order valence-corrected chi connectivity index (χ3v) is 3.64. The molecule has 0 aliphatic carbocycles. The zero-order valence-corrected chi connectivity index (χ0v) is 11.4. The molecule has 1 aromatic rings. The summed E-state index contributed by atoms with van der Waals surface area (Å²) in [4.78, 5) is 13.6. The highest BCUT2D eigenvalue weighted by molar-refractivity contribution is 6.30. The SMILES string of the molecule is CCC(=O)NC[C@@H]1CCN(c2ccc(Cl)cc2)C1. The lowest BCUT2D eigenvalue weighted by Gasteiger charge is -2.18. The van der Waals surface area contributed by atoms with Gasteiger partial charge < -0.3 is 10.2 Å². The van der Waals surface area contributed by atoms with E-state index in [9.17, 15) is 4.79 Å². The number of hydrogen-bond donors (Lipinski definition) is 1. The smallest absolute Gasteiger partial charge is 0.219 e. The Kier molecular flexibility index (Phi) is 4.48. The standard InChI is InChI=1S/C14H19ClN2O/c1-2-14(18)16-9-11-7-8-17(10-11)13-5-3-12(15)4-6-13/h3-6,11H,2,7-10H2,1H3,(H,16,18)/t11-/m0/s1. The minimum absolute atomic E-state index is 0.139. The fourth-order valence-electron chi connectivity index (χ4n) is 2.27. The highest BCUT2D eigenvalue weighted by Gasteiger charge is 2.22. The van der Waals surface area contributed by atoms with Gasteiger partial charge in [0.05, 0.1) is 0 Å². The molecule has 0 aromatic heterocycles. The van der Waals surface area contributed by atoms with E-state index >= 15 is 0 Å². The number of benzene rings is 1. The Morgan fingerprint density at radius 1 is 1.44 bits per heavy atom. The second kappa shape index (κ2) is 6.10. The molecular formula is C14H19ClN2O. The van der Waals surface area contributed by atoms with Gasteiger partial charge in [0.15, 0.2) is 0 Å². The number of anilines is 1. The highest BCUT2D eigenvalue weighted by Crippen LogP contribution is 2.24. The van der Waals surface area contributed by atoms with E-state index in [0.29, 0.717) is 12.3 Å². The fourth-order valence-corrected chi connectivity index (χ4v) is 2.39. The third-order valence-electron chi connectivity index (χ3n) is 3.39.